The Kier molecular flexibility index (Phi) is 6.30. The Balaban J connectivity index is 1.95. The molecule has 21 heavy (non-hydrogen) atoms. The van der Waals surface area contributed by atoms with Crippen LogP contribution in [0.2, 0.25) is 10.0 Å². The second kappa shape index (κ2) is 8.23. The summed E-state index contributed by atoms with van der Waals surface area (Å²) >= 11 is 12.1. The zero-order valence-corrected chi connectivity index (χ0v) is 13.2. The maximum absolute atomic E-state index is 6.20. The lowest BCUT2D eigenvalue weighted by molar-refractivity contribution is 0.0551. The van der Waals surface area contributed by atoms with Crippen LogP contribution < -0.4 is 0 Å². The lowest BCUT2D eigenvalue weighted by Gasteiger charge is -2.18. The molecule has 1 aromatic heterocycles. The smallest absolute Gasteiger partial charge is 0.0946 e. The predicted molar refractivity (Wildman–Crippen MR) is 86.9 cm³/mol. The summed E-state index contributed by atoms with van der Waals surface area (Å²) in [6.07, 6.45) is 9.04. The van der Waals surface area contributed by atoms with Crippen molar-refractivity contribution in [2.75, 3.05) is 6.61 Å². The Morgan fingerprint density at radius 2 is 2.24 bits per heavy atom. The van der Waals surface area contributed by atoms with Crippen molar-refractivity contribution >= 4 is 23.2 Å². The normalized spacial score (nSPS) is 12.3. The van der Waals surface area contributed by atoms with Crippen molar-refractivity contribution in [2.45, 2.75) is 25.5 Å². The summed E-state index contributed by atoms with van der Waals surface area (Å²) in [6.45, 7) is 4.99. The minimum Gasteiger partial charge on any atom is -0.372 e. The van der Waals surface area contributed by atoms with Gasteiger partial charge in [-0.3, -0.25) is 0 Å². The number of imidazole rings is 1. The van der Waals surface area contributed by atoms with E-state index in [4.69, 9.17) is 27.9 Å². The summed E-state index contributed by atoms with van der Waals surface area (Å²) in [7, 11) is 0. The molecule has 0 fully saturated rings. The molecule has 1 atom stereocenters. The largest absolute Gasteiger partial charge is 0.372 e. The van der Waals surface area contributed by atoms with Crippen LogP contribution in [0.15, 0.2) is 49.6 Å². The highest BCUT2D eigenvalue weighted by atomic mass is 35.5. The zero-order chi connectivity index (χ0) is 15.1. The van der Waals surface area contributed by atoms with Crippen LogP contribution in [0.25, 0.3) is 0 Å². The van der Waals surface area contributed by atoms with Gasteiger partial charge in [-0.1, -0.05) is 35.3 Å². The van der Waals surface area contributed by atoms with Gasteiger partial charge >= 0.3 is 0 Å². The van der Waals surface area contributed by atoms with Crippen LogP contribution in [-0.2, 0) is 17.7 Å². The molecule has 0 aliphatic carbocycles. The molecule has 1 unspecified atom stereocenters. The second-order valence-corrected chi connectivity index (χ2v) is 5.62. The third-order valence-corrected chi connectivity index (χ3v) is 3.76. The predicted octanol–water partition coefficient (Wildman–Crippen LogP) is 4.39. The molecular formula is C16H18Cl2N2O. The third-order valence-electron chi connectivity index (χ3n) is 3.17. The van der Waals surface area contributed by atoms with Gasteiger partial charge in [-0.05, 0) is 30.5 Å². The number of aryl methyl sites for hydroxylation is 1. The average molecular weight is 325 g/mol. The van der Waals surface area contributed by atoms with E-state index in [0.717, 1.165) is 24.9 Å². The number of hydrogen-bond acceptors (Lipinski definition) is 2. The Hall–Kier alpha value is -1.29. The maximum atomic E-state index is 6.20. The molecule has 0 N–H and O–H groups in total. The molecule has 2 aromatic rings. The first-order valence-corrected chi connectivity index (χ1v) is 7.57. The fourth-order valence-corrected chi connectivity index (χ4v) is 2.61. The molecule has 0 saturated heterocycles. The van der Waals surface area contributed by atoms with Crippen LogP contribution in [0.4, 0.5) is 0 Å². The van der Waals surface area contributed by atoms with Gasteiger partial charge in [-0.2, -0.15) is 0 Å². The van der Waals surface area contributed by atoms with Gasteiger partial charge in [0.1, 0.15) is 0 Å². The van der Waals surface area contributed by atoms with Gasteiger partial charge < -0.3 is 9.30 Å². The van der Waals surface area contributed by atoms with Gasteiger partial charge in [-0.15, -0.1) is 6.58 Å². The van der Waals surface area contributed by atoms with E-state index in [0.29, 0.717) is 16.7 Å². The minimum absolute atomic E-state index is 0.0870. The van der Waals surface area contributed by atoms with E-state index < -0.39 is 0 Å². The van der Waals surface area contributed by atoms with Crippen molar-refractivity contribution in [3.8, 4) is 0 Å². The van der Waals surface area contributed by atoms with Crippen LogP contribution >= 0.6 is 23.2 Å². The average Bonchev–Trinajstić information content (AvgIpc) is 2.96. The molecule has 0 aliphatic heterocycles. The molecule has 0 aliphatic rings. The van der Waals surface area contributed by atoms with E-state index in [2.05, 4.69) is 11.6 Å². The number of halogens is 2. The summed E-state index contributed by atoms with van der Waals surface area (Å²) in [6, 6.07) is 5.60. The van der Waals surface area contributed by atoms with Crippen LogP contribution in [0.5, 0.6) is 0 Å². The summed E-state index contributed by atoms with van der Waals surface area (Å²) in [5.74, 6) is 0. The van der Waals surface area contributed by atoms with Gasteiger partial charge in [0.05, 0.1) is 19.0 Å². The molecule has 2 rings (SSSR count). The summed E-state index contributed by atoms with van der Waals surface area (Å²) in [5.41, 5.74) is 1.08. The molecule has 0 spiro atoms. The Morgan fingerprint density at radius 1 is 1.38 bits per heavy atom. The van der Waals surface area contributed by atoms with E-state index in [1.807, 2.05) is 22.9 Å². The molecule has 1 heterocycles. The van der Waals surface area contributed by atoms with E-state index >= 15 is 0 Å². The van der Waals surface area contributed by atoms with E-state index in [9.17, 15) is 0 Å². The van der Waals surface area contributed by atoms with Gasteiger partial charge in [0.15, 0.2) is 0 Å². The zero-order valence-electron chi connectivity index (χ0n) is 11.7. The fourth-order valence-electron chi connectivity index (χ4n) is 2.10. The first-order chi connectivity index (χ1) is 10.2. The van der Waals surface area contributed by atoms with Crippen molar-refractivity contribution < 1.29 is 4.74 Å². The Labute approximate surface area is 135 Å². The van der Waals surface area contributed by atoms with Gasteiger partial charge in [0.25, 0.3) is 0 Å². The molecule has 3 nitrogen and oxygen atoms in total. The molecule has 0 saturated carbocycles. The van der Waals surface area contributed by atoms with Gasteiger partial charge in [0.2, 0.25) is 0 Å². The molecule has 0 amide bonds. The lowest BCUT2D eigenvalue weighted by Crippen LogP contribution is -2.20. The highest BCUT2D eigenvalue weighted by Gasteiger charge is 2.11. The molecule has 0 radical (unpaired) electrons. The monoisotopic (exact) mass is 324 g/mol. The third kappa shape index (κ3) is 5.20. The van der Waals surface area contributed by atoms with Gasteiger partial charge in [0, 0.05) is 29.0 Å². The molecular weight excluding hydrogens is 307 g/mol. The van der Waals surface area contributed by atoms with Crippen LogP contribution in [0, 0.1) is 0 Å². The number of aromatic nitrogens is 2. The molecule has 0 bridgehead atoms. The summed E-state index contributed by atoms with van der Waals surface area (Å²) < 4.78 is 7.83. The first-order valence-electron chi connectivity index (χ1n) is 6.81. The number of nitrogens with zero attached hydrogens (tertiary/aromatic N) is 2. The van der Waals surface area contributed by atoms with Crippen molar-refractivity contribution in [1.29, 1.82) is 0 Å². The summed E-state index contributed by atoms with van der Waals surface area (Å²) in [4.78, 5) is 4.05. The lowest BCUT2D eigenvalue weighted by atomic mass is 10.1. The summed E-state index contributed by atoms with van der Waals surface area (Å²) in [5, 5.41) is 1.36. The van der Waals surface area contributed by atoms with E-state index in [-0.39, 0.29) is 6.10 Å². The highest BCUT2D eigenvalue weighted by Crippen LogP contribution is 2.23. The van der Waals surface area contributed by atoms with E-state index in [1.54, 1.807) is 24.7 Å². The van der Waals surface area contributed by atoms with Crippen molar-refractivity contribution in [1.82, 2.24) is 9.55 Å². The quantitative estimate of drug-likeness (QED) is 0.673. The minimum atomic E-state index is 0.0870. The second-order valence-electron chi connectivity index (χ2n) is 4.78. The van der Waals surface area contributed by atoms with Gasteiger partial charge in [-0.25, -0.2) is 4.98 Å². The Bertz CT molecular complexity index is 570. The fraction of sp³-hybridized carbons (Fsp3) is 0.312. The van der Waals surface area contributed by atoms with Crippen LogP contribution in [0.1, 0.15) is 12.0 Å². The highest BCUT2D eigenvalue weighted by molar-refractivity contribution is 6.35. The maximum Gasteiger partial charge on any atom is 0.0946 e. The molecule has 1 aromatic carbocycles. The van der Waals surface area contributed by atoms with Crippen LogP contribution in [0.3, 0.4) is 0 Å². The van der Waals surface area contributed by atoms with Crippen molar-refractivity contribution in [3.63, 3.8) is 0 Å². The topological polar surface area (TPSA) is 27.1 Å². The SMILES string of the molecule is C=CCOC(CCc1ccc(Cl)cc1Cl)Cn1ccnc1. The first kappa shape index (κ1) is 16.1. The standard InChI is InChI=1S/C16H18Cl2N2O/c1-2-9-21-15(11-20-8-7-19-12-20)6-4-13-3-5-14(17)10-16(13)18/h2-3,5,7-8,10,12,15H,1,4,6,9,11H2. The number of hydrogen-bond donors (Lipinski definition) is 0. The Morgan fingerprint density at radius 3 is 2.90 bits per heavy atom. The number of ether oxygens (including phenoxy) is 1. The van der Waals surface area contributed by atoms with Crippen molar-refractivity contribution in [2.24, 2.45) is 0 Å². The molecule has 112 valence electrons. The van der Waals surface area contributed by atoms with E-state index in [1.165, 1.54) is 0 Å². The number of benzene rings is 1. The molecule has 5 heteroatoms. The van der Waals surface area contributed by atoms with Crippen LogP contribution in [-0.4, -0.2) is 22.3 Å². The van der Waals surface area contributed by atoms with Crippen molar-refractivity contribution in [3.05, 3.63) is 65.2 Å². The number of rotatable bonds is 8.